The van der Waals surface area contributed by atoms with E-state index < -0.39 is 0 Å². The predicted octanol–water partition coefficient (Wildman–Crippen LogP) is 1.84. The first-order valence-corrected chi connectivity index (χ1v) is 9.85. The summed E-state index contributed by atoms with van der Waals surface area (Å²) in [6, 6.07) is 3.90. The van der Waals surface area contributed by atoms with Crippen molar-refractivity contribution in [2.75, 3.05) is 39.3 Å². The number of aromatic amines is 1. The third-order valence-electron chi connectivity index (χ3n) is 5.74. The number of likely N-dealkylation sites (tertiary alicyclic amines) is 2. The van der Waals surface area contributed by atoms with Crippen molar-refractivity contribution in [2.24, 2.45) is 5.92 Å². The molecule has 0 bridgehead atoms. The summed E-state index contributed by atoms with van der Waals surface area (Å²) in [6.45, 7) is 6.70. The molecular formula is C19H27N5O3. The van der Waals surface area contributed by atoms with Crippen molar-refractivity contribution in [3.8, 4) is 0 Å². The summed E-state index contributed by atoms with van der Waals surface area (Å²) >= 11 is 0. The molecule has 2 fully saturated rings. The van der Waals surface area contributed by atoms with Gasteiger partial charge in [-0.1, -0.05) is 0 Å². The number of H-pyrrole nitrogens is 1. The van der Waals surface area contributed by atoms with E-state index in [0.717, 1.165) is 63.2 Å². The molecule has 146 valence electrons. The van der Waals surface area contributed by atoms with Gasteiger partial charge in [-0.05, 0) is 44.2 Å². The van der Waals surface area contributed by atoms with Gasteiger partial charge in [-0.3, -0.25) is 4.57 Å². The Labute approximate surface area is 158 Å². The number of carbonyl (C=O) groups excluding carboxylic acids is 1. The molecule has 2 saturated heterocycles. The molecule has 2 aromatic heterocycles. The van der Waals surface area contributed by atoms with Gasteiger partial charge < -0.3 is 19.5 Å². The summed E-state index contributed by atoms with van der Waals surface area (Å²) in [7, 11) is 0. The highest BCUT2D eigenvalue weighted by atomic mass is 16.6. The van der Waals surface area contributed by atoms with Crippen LogP contribution in [-0.4, -0.2) is 69.8 Å². The van der Waals surface area contributed by atoms with Crippen LogP contribution in [-0.2, 0) is 4.74 Å². The van der Waals surface area contributed by atoms with Gasteiger partial charge in [-0.15, -0.1) is 0 Å². The lowest BCUT2D eigenvalue weighted by Gasteiger charge is -2.33. The fraction of sp³-hybridized carbons (Fsp3) is 0.632. The molecule has 2 aliphatic heterocycles. The molecule has 1 N–H and O–H groups in total. The molecule has 8 heteroatoms. The number of imidazole rings is 1. The normalized spacial score (nSPS) is 21.8. The van der Waals surface area contributed by atoms with Crippen LogP contribution in [0.2, 0.25) is 0 Å². The smallest absolute Gasteiger partial charge is 0.409 e. The monoisotopic (exact) mass is 373 g/mol. The van der Waals surface area contributed by atoms with Gasteiger partial charge >= 0.3 is 11.8 Å². The predicted molar refractivity (Wildman–Crippen MR) is 102 cm³/mol. The van der Waals surface area contributed by atoms with Gasteiger partial charge in [-0.25, -0.2) is 14.6 Å². The zero-order valence-electron chi connectivity index (χ0n) is 15.8. The summed E-state index contributed by atoms with van der Waals surface area (Å²) in [5.74, 6) is 0.590. The van der Waals surface area contributed by atoms with E-state index in [2.05, 4.69) is 14.9 Å². The van der Waals surface area contributed by atoms with Crippen LogP contribution < -0.4 is 5.69 Å². The topological polar surface area (TPSA) is 83.5 Å². The lowest BCUT2D eigenvalue weighted by atomic mass is 9.96. The van der Waals surface area contributed by atoms with Crippen LogP contribution in [0.1, 0.15) is 32.2 Å². The fourth-order valence-electron chi connectivity index (χ4n) is 4.36. The zero-order valence-corrected chi connectivity index (χ0v) is 15.8. The van der Waals surface area contributed by atoms with E-state index in [9.17, 15) is 9.59 Å². The standard InChI is InChI=1S/C19H27N5O3/c1-2-27-19(26)23-10-5-14(6-11-23)12-22-9-7-15(13-22)24-17-16(21-18(24)25)4-3-8-20-17/h3-4,8,14-15H,2,5-7,9-13H2,1H3,(H,21,25)/t15-/m0/s1. The Balaban J connectivity index is 1.34. The molecule has 2 aliphatic rings. The second kappa shape index (κ2) is 7.72. The molecule has 0 saturated carbocycles. The summed E-state index contributed by atoms with van der Waals surface area (Å²) in [5, 5.41) is 0. The second-order valence-corrected chi connectivity index (χ2v) is 7.51. The first-order chi connectivity index (χ1) is 13.2. The Kier molecular flexibility index (Phi) is 5.15. The average Bonchev–Trinajstić information content (AvgIpc) is 3.25. The van der Waals surface area contributed by atoms with Crippen molar-refractivity contribution in [3.63, 3.8) is 0 Å². The van der Waals surface area contributed by atoms with E-state index >= 15 is 0 Å². The Morgan fingerprint density at radius 2 is 2.11 bits per heavy atom. The van der Waals surface area contributed by atoms with Crippen LogP contribution in [0.5, 0.6) is 0 Å². The number of hydrogen-bond acceptors (Lipinski definition) is 5. The number of fused-ring (bicyclic) bond motifs is 1. The van der Waals surface area contributed by atoms with Gasteiger partial charge in [0.1, 0.15) is 0 Å². The molecule has 0 unspecified atom stereocenters. The van der Waals surface area contributed by atoms with Crippen LogP contribution in [0.3, 0.4) is 0 Å². The van der Waals surface area contributed by atoms with Crippen molar-refractivity contribution in [2.45, 2.75) is 32.2 Å². The van der Waals surface area contributed by atoms with Crippen molar-refractivity contribution < 1.29 is 9.53 Å². The molecule has 27 heavy (non-hydrogen) atoms. The van der Waals surface area contributed by atoms with E-state index in [0.29, 0.717) is 12.5 Å². The zero-order chi connectivity index (χ0) is 18.8. The molecule has 0 aliphatic carbocycles. The molecule has 0 spiro atoms. The van der Waals surface area contributed by atoms with E-state index in [-0.39, 0.29) is 17.8 Å². The number of nitrogens with zero attached hydrogens (tertiary/aromatic N) is 4. The van der Waals surface area contributed by atoms with E-state index in [1.807, 2.05) is 28.5 Å². The molecule has 0 aromatic carbocycles. The maximum Gasteiger partial charge on any atom is 0.409 e. The van der Waals surface area contributed by atoms with Crippen molar-refractivity contribution >= 4 is 17.3 Å². The Bertz CT molecular complexity index is 852. The minimum absolute atomic E-state index is 0.0710. The minimum Gasteiger partial charge on any atom is -0.450 e. The maximum atomic E-state index is 12.4. The minimum atomic E-state index is -0.191. The summed E-state index contributed by atoms with van der Waals surface area (Å²) in [6.07, 6.45) is 4.52. The number of pyridine rings is 1. The average molecular weight is 373 g/mol. The SMILES string of the molecule is CCOC(=O)N1CCC(CN2CC[C@H](n3c(=O)[nH]c4cccnc43)C2)CC1. The van der Waals surface area contributed by atoms with Gasteiger partial charge in [-0.2, -0.15) is 0 Å². The largest absolute Gasteiger partial charge is 0.450 e. The van der Waals surface area contributed by atoms with Gasteiger partial charge in [0.05, 0.1) is 18.2 Å². The highest BCUT2D eigenvalue weighted by Gasteiger charge is 2.30. The molecule has 4 rings (SSSR count). The number of ether oxygens (including phenoxy) is 1. The number of hydrogen-bond donors (Lipinski definition) is 1. The molecule has 0 radical (unpaired) electrons. The molecular weight excluding hydrogens is 346 g/mol. The number of piperidine rings is 1. The molecule has 2 aromatic rings. The number of rotatable bonds is 4. The van der Waals surface area contributed by atoms with E-state index in [4.69, 9.17) is 4.74 Å². The van der Waals surface area contributed by atoms with Crippen LogP contribution >= 0.6 is 0 Å². The molecule has 8 nitrogen and oxygen atoms in total. The summed E-state index contributed by atoms with van der Waals surface area (Å²) in [4.78, 5) is 35.7. The number of aromatic nitrogens is 3. The third-order valence-corrected chi connectivity index (χ3v) is 5.74. The van der Waals surface area contributed by atoms with Crippen LogP contribution in [0, 0.1) is 5.92 Å². The number of amides is 1. The Morgan fingerprint density at radius 3 is 2.89 bits per heavy atom. The van der Waals surface area contributed by atoms with Crippen LogP contribution in [0.15, 0.2) is 23.1 Å². The lowest BCUT2D eigenvalue weighted by molar-refractivity contribution is 0.0871. The van der Waals surface area contributed by atoms with Gasteiger partial charge in [0.25, 0.3) is 0 Å². The van der Waals surface area contributed by atoms with Crippen molar-refractivity contribution in [1.29, 1.82) is 0 Å². The highest BCUT2D eigenvalue weighted by Crippen LogP contribution is 2.26. The second-order valence-electron chi connectivity index (χ2n) is 7.51. The molecule has 1 atom stereocenters. The highest BCUT2D eigenvalue weighted by molar-refractivity contribution is 5.70. The van der Waals surface area contributed by atoms with Crippen LogP contribution in [0.4, 0.5) is 4.79 Å². The van der Waals surface area contributed by atoms with Crippen LogP contribution in [0.25, 0.3) is 11.2 Å². The summed E-state index contributed by atoms with van der Waals surface area (Å²) in [5.41, 5.74) is 1.47. The van der Waals surface area contributed by atoms with E-state index in [1.54, 1.807) is 6.20 Å². The first kappa shape index (κ1) is 18.0. The molecule has 4 heterocycles. The fourth-order valence-corrected chi connectivity index (χ4v) is 4.36. The van der Waals surface area contributed by atoms with Gasteiger partial charge in [0.2, 0.25) is 0 Å². The number of nitrogens with one attached hydrogen (secondary N) is 1. The van der Waals surface area contributed by atoms with E-state index in [1.165, 1.54) is 0 Å². The Hall–Kier alpha value is -2.35. The maximum absolute atomic E-state index is 12.4. The van der Waals surface area contributed by atoms with Gasteiger partial charge in [0, 0.05) is 38.9 Å². The first-order valence-electron chi connectivity index (χ1n) is 9.85. The number of carbonyl (C=O) groups is 1. The molecule has 1 amide bonds. The quantitative estimate of drug-likeness (QED) is 0.884. The third kappa shape index (κ3) is 3.71. The Morgan fingerprint density at radius 1 is 1.30 bits per heavy atom. The van der Waals surface area contributed by atoms with Crippen molar-refractivity contribution in [1.82, 2.24) is 24.3 Å². The van der Waals surface area contributed by atoms with Gasteiger partial charge in [0.15, 0.2) is 5.65 Å². The van der Waals surface area contributed by atoms with Crippen molar-refractivity contribution in [3.05, 3.63) is 28.8 Å². The lowest BCUT2D eigenvalue weighted by Crippen LogP contribution is -2.41. The summed E-state index contributed by atoms with van der Waals surface area (Å²) < 4.78 is 6.91.